The number of amides is 2. The topological polar surface area (TPSA) is 56.4 Å². The van der Waals surface area contributed by atoms with Crippen LogP contribution in [0.1, 0.15) is 24.9 Å². The molecule has 0 bridgehead atoms. The molecule has 1 unspecified atom stereocenters. The van der Waals surface area contributed by atoms with Gasteiger partial charge in [0.2, 0.25) is 0 Å². The maximum Gasteiger partial charge on any atom is 0.320 e. The third kappa shape index (κ3) is 2.33. The molecule has 0 saturated carbocycles. The van der Waals surface area contributed by atoms with Gasteiger partial charge in [0, 0.05) is 39.0 Å². The molecule has 0 radical (unpaired) electrons. The molecule has 17 heavy (non-hydrogen) atoms. The van der Waals surface area contributed by atoms with Gasteiger partial charge in [0.1, 0.15) is 5.78 Å². The molecular formula is C12H17N3O2. The first-order chi connectivity index (χ1) is 8.09. The number of urea groups is 1. The van der Waals surface area contributed by atoms with Gasteiger partial charge < -0.3 is 14.8 Å². The zero-order valence-corrected chi connectivity index (χ0v) is 10.1. The zero-order valence-electron chi connectivity index (χ0n) is 10.1. The first-order valence-electron chi connectivity index (χ1n) is 5.73. The second-order valence-electron chi connectivity index (χ2n) is 4.45. The van der Waals surface area contributed by atoms with Crippen LogP contribution in [-0.2, 0) is 4.79 Å². The minimum Gasteiger partial charge on any atom is -0.367 e. The minimum absolute atomic E-state index is 0.00236. The second-order valence-corrected chi connectivity index (χ2v) is 4.45. The number of Topliss-reactive ketones (excluding diaryl/α,β-unsaturated/α-hetero) is 1. The lowest BCUT2D eigenvalue weighted by atomic mass is 10.1. The normalized spacial score (nSPS) is 20.1. The van der Waals surface area contributed by atoms with Crippen molar-refractivity contribution in [1.29, 1.82) is 0 Å². The van der Waals surface area contributed by atoms with E-state index in [0.717, 1.165) is 5.56 Å². The van der Waals surface area contributed by atoms with Gasteiger partial charge in [-0.05, 0) is 18.6 Å². The van der Waals surface area contributed by atoms with Gasteiger partial charge in [0.05, 0.1) is 6.04 Å². The van der Waals surface area contributed by atoms with Crippen molar-refractivity contribution in [2.45, 2.75) is 19.4 Å². The Morgan fingerprint density at radius 3 is 2.94 bits per heavy atom. The number of carbonyl (C=O) groups excluding carboxylic acids is 2. The Balaban J connectivity index is 2.04. The van der Waals surface area contributed by atoms with Gasteiger partial charge in [-0.1, -0.05) is 0 Å². The molecule has 0 aromatic carbocycles. The Bertz CT molecular complexity index is 413. The molecule has 0 spiro atoms. The van der Waals surface area contributed by atoms with E-state index in [1.807, 2.05) is 18.5 Å². The van der Waals surface area contributed by atoms with Crippen molar-refractivity contribution < 1.29 is 9.59 Å². The summed E-state index contributed by atoms with van der Waals surface area (Å²) < 4.78 is 0. The van der Waals surface area contributed by atoms with Crippen molar-refractivity contribution in [3.63, 3.8) is 0 Å². The number of hydrogen-bond donors (Lipinski definition) is 1. The molecule has 1 aromatic heterocycles. The summed E-state index contributed by atoms with van der Waals surface area (Å²) in [7, 11) is 1.80. The van der Waals surface area contributed by atoms with Crippen molar-refractivity contribution in [2.24, 2.45) is 0 Å². The summed E-state index contributed by atoms with van der Waals surface area (Å²) in [5.74, 6) is 0.116. The van der Waals surface area contributed by atoms with E-state index < -0.39 is 0 Å². The summed E-state index contributed by atoms with van der Waals surface area (Å²) in [6.45, 7) is 2.72. The van der Waals surface area contributed by atoms with Crippen LogP contribution in [0, 0.1) is 0 Å². The Morgan fingerprint density at radius 1 is 1.59 bits per heavy atom. The number of H-pyrrole nitrogens is 1. The van der Waals surface area contributed by atoms with Crippen LogP contribution in [-0.4, -0.2) is 46.7 Å². The molecule has 1 fully saturated rings. The number of likely N-dealkylation sites (N-methyl/N-ethyl adjacent to an activating group) is 1. The summed E-state index contributed by atoms with van der Waals surface area (Å²) in [5, 5.41) is 0. The van der Waals surface area contributed by atoms with E-state index in [9.17, 15) is 9.59 Å². The second kappa shape index (κ2) is 4.61. The van der Waals surface area contributed by atoms with Crippen molar-refractivity contribution in [3.05, 3.63) is 24.0 Å². The van der Waals surface area contributed by atoms with Crippen molar-refractivity contribution in [1.82, 2.24) is 14.8 Å². The standard InChI is InChI=1S/C12H17N3O2/c1-9(16)4-6-15-8-11(14(2)12(15)17)10-3-5-13-7-10/h3,5,7,11,13H,4,6,8H2,1-2H3. The smallest absolute Gasteiger partial charge is 0.320 e. The molecular weight excluding hydrogens is 218 g/mol. The van der Waals surface area contributed by atoms with Gasteiger partial charge in [0.15, 0.2) is 0 Å². The van der Waals surface area contributed by atoms with Gasteiger partial charge in [-0.3, -0.25) is 4.79 Å². The van der Waals surface area contributed by atoms with E-state index in [1.165, 1.54) is 0 Å². The molecule has 2 rings (SSSR count). The highest BCUT2D eigenvalue weighted by molar-refractivity contribution is 5.79. The molecule has 1 aromatic rings. The quantitative estimate of drug-likeness (QED) is 0.857. The molecule has 5 nitrogen and oxygen atoms in total. The number of aromatic amines is 1. The highest BCUT2D eigenvalue weighted by Gasteiger charge is 2.35. The number of hydrogen-bond acceptors (Lipinski definition) is 2. The van der Waals surface area contributed by atoms with Gasteiger partial charge in [-0.2, -0.15) is 0 Å². The Morgan fingerprint density at radius 2 is 2.35 bits per heavy atom. The predicted molar refractivity (Wildman–Crippen MR) is 63.6 cm³/mol. The van der Waals surface area contributed by atoms with Crippen LogP contribution in [0.5, 0.6) is 0 Å². The number of rotatable bonds is 4. The van der Waals surface area contributed by atoms with E-state index in [2.05, 4.69) is 4.98 Å². The van der Waals surface area contributed by atoms with Crippen LogP contribution in [0.25, 0.3) is 0 Å². The van der Waals surface area contributed by atoms with Crippen LogP contribution in [0.15, 0.2) is 18.5 Å². The summed E-state index contributed by atoms with van der Waals surface area (Å²) in [4.78, 5) is 29.4. The van der Waals surface area contributed by atoms with Gasteiger partial charge in [0.25, 0.3) is 0 Å². The summed E-state index contributed by atoms with van der Waals surface area (Å²) in [6, 6.07) is 2.06. The van der Waals surface area contributed by atoms with E-state index in [4.69, 9.17) is 0 Å². The van der Waals surface area contributed by atoms with Crippen LogP contribution in [0.3, 0.4) is 0 Å². The lowest BCUT2D eigenvalue weighted by Crippen LogP contribution is -2.31. The zero-order chi connectivity index (χ0) is 12.4. The monoisotopic (exact) mass is 235 g/mol. The number of aromatic nitrogens is 1. The van der Waals surface area contributed by atoms with Gasteiger partial charge >= 0.3 is 6.03 Å². The van der Waals surface area contributed by atoms with Gasteiger partial charge in [-0.25, -0.2) is 4.79 Å². The number of nitrogens with zero attached hydrogens (tertiary/aromatic N) is 2. The highest BCUT2D eigenvalue weighted by atomic mass is 16.2. The Labute approximate surface area is 100 Å². The summed E-state index contributed by atoms with van der Waals surface area (Å²) in [6.07, 6.45) is 4.19. The van der Waals surface area contributed by atoms with E-state index in [-0.39, 0.29) is 17.9 Å². The molecule has 2 amide bonds. The van der Waals surface area contributed by atoms with Crippen molar-refractivity contribution in [2.75, 3.05) is 20.1 Å². The first kappa shape index (κ1) is 11.7. The van der Waals surface area contributed by atoms with E-state index in [0.29, 0.717) is 19.5 Å². The third-order valence-electron chi connectivity index (χ3n) is 3.17. The van der Waals surface area contributed by atoms with Crippen LogP contribution >= 0.6 is 0 Å². The molecule has 0 aliphatic carbocycles. The van der Waals surface area contributed by atoms with Crippen molar-refractivity contribution >= 4 is 11.8 Å². The average Bonchev–Trinajstić information content (AvgIpc) is 2.88. The van der Waals surface area contributed by atoms with Crippen LogP contribution in [0.4, 0.5) is 4.79 Å². The minimum atomic E-state index is -0.00236. The lowest BCUT2D eigenvalue weighted by molar-refractivity contribution is -0.117. The fraction of sp³-hybridized carbons (Fsp3) is 0.500. The number of nitrogens with one attached hydrogen (secondary N) is 1. The average molecular weight is 235 g/mol. The Hall–Kier alpha value is -1.78. The predicted octanol–water partition coefficient (Wildman–Crippen LogP) is 1.40. The van der Waals surface area contributed by atoms with Crippen molar-refractivity contribution in [3.8, 4) is 0 Å². The SMILES string of the molecule is CC(=O)CCN1CC(c2cc[nH]c2)N(C)C1=O. The Kier molecular flexibility index (Phi) is 3.17. The van der Waals surface area contributed by atoms with E-state index in [1.54, 1.807) is 23.8 Å². The molecule has 1 N–H and O–H groups in total. The number of carbonyl (C=O) groups is 2. The maximum absolute atomic E-state index is 12.0. The molecule has 1 atom stereocenters. The van der Waals surface area contributed by atoms with E-state index >= 15 is 0 Å². The largest absolute Gasteiger partial charge is 0.367 e. The molecule has 1 aliphatic rings. The molecule has 92 valence electrons. The third-order valence-corrected chi connectivity index (χ3v) is 3.17. The molecule has 2 heterocycles. The fourth-order valence-electron chi connectivity index (χ4n) is 2.12. The van der Waals surface area contributed by atoms with Crippen LogP contribution in [0.2, 0.25) is 0 Å². The molecule has 1 aliphatic heterocycles. The first-order valence-corrected chi connectivity index (χ1v) is 5.73. The fourth-order valence-corrected chi connectivity index (χ4v) is 2.12. The maximum atomic E-state index is 12.0. The lowest BCUT2D eigenvalue weighted by Gasteiger charge is -2.16. The molecule has 1 saturated heterocycles. The number of ketones is 1. The van der Waals surface area contributed by atoms with Gasteiger partial charge in [-0.15, -0.1) is 0 Å². The summed E-state index contributed by atoms with van der Waals surface area (Å²) >= 11 is 0. The highest BCUT2D eigenvalue weighted by Crippen LogP contribution is 2.27. The van der Waals surface area contributed by atoms with Crippen LogP contribution < -0.4 is 0 Å². The summed E-state index contributed by atoms with van der Waals surface area (Å²) in [5.41, 5.74) is 1.10. The molecule has 5 heteroatoms.